The van der Waals surface area contributed by atoms with Crippen LogP contribution in [0.1, 0.15) is 16.7 Å². The van der Waals surface area contributed by atoms with E-state index in [2.05, 4.69) is 4.72 Å². The number of nitrogens with one attached hydrogen (secondary N) is 1. The molecular formula is C21H21NO3S. The molecule has 0 saturated heterocycles. The highest BCUT2D eigenvalue weighted by Gasteiger charge is 2.14. The zero-order valence-electron chi connectivity index (χ0n) is 15.0. The molecular weight excluding hydrogens is 346 g/mol. The summed E-state index contributed by atoms with van der Waals surface area (Å²) in [5.41, 5.74) is 3.60. The molecule has 0 saturated carbocycles. The van der Waals surface area contributed by atoms with Gasteiger partial charge in [-0.3, -0.25) is 4.72 Å². The van der Waals surface area contributed by atoms with Crippen molar-refractivity contribution in [3.8, 4) is 11.5 Å². The summed E-state index contributed by atoms with van der Waals surface area (Å²) in [4.78, 5) is 0.235. The summed E-state index contributed by atoms with van der Waals surface area (Å²) in [5.74, 6) is 1.47. The van der Waals surface area contributed by atoms with E-state index in [1.54, 1.807) is 48.5 Å². The van der Waals surface area contributed by atoms with Gasteiger partial charge in [-0.1, -0.05) is 35.9 Å². The maximum Gasteiger partial charge on any atom is 0.261 e. The molecule has 0 bridgehead atoms. The van der Waals surface area contributed by atoms with Crippen molar-refractivity contribution in [1.29, 1.82) is 0 Å². The minimum absolute atomic E-state index is 0.235. The van der Waals surface area contributed by atoms with Crippen LogP contribution in [0.4, 0.5) is 5.69 Å². The van der Waals surface area contributed by atoms with Crippen LogP contribution in [0, 0.1) is 20.8 Å². The van der Waals surface area contributed by atoms with Crippen molar-refractivity contribution in [2.24, 2.45) is 0 Å². The van der Waals surface area contributed by atoms with Gasteiger partial charge in [-0.15, -0.1) is 0 Å². The number of hydrogen-bond donors (Lipinski definition) is 1. The monoisotopic (exact) mass is 367 g/mol. The Labute approximate surface area is 154 Å². The lowest BCUT2D eigenvalue weighted by Crippen LogP contribution is -2.12. The minimum atomic E-state index is -3.61. The fraction of sp³-hybridized carbons (Fsp3) is 0.143. The number of para-hydroxylation sites is 1. The van der Waals surface area contributed by atoms with Crippen LogP contribution in [0.3, 0.4) is 0 Å². The molecule has 0 amide bonds. The molecule has 3 aromatic carbocycles. The smallest absolute Gasteiger partial charge is 0.261 e. The van der Waals surface area contributed by atoms with Gasteiger partial charge >= 0.3 is 0 Å². The molecule has 3 rings (SSSR count). The van der Waals surface area contributed by atoms with Crippen LogP contribution in [-0.2, 0) is 10.0 Å². The molecule has 0 radical (unpaired) electrons. The standard InChI is InChI=1S/C21H21NO3S/c1-15-7-13-20(14-8-15)26(23,24)22-18-9-11-19(12-10-18)25-21-16(2)5-4-6-17(21)3/h4-14,22H,1-3H3. The lowest BCUT2D eigenvalue weighted by atomic mass is 10.1. The van der Waals surface area contributed by atoms with Gasteiger partial charge in [-0.2, -0.15) is 0 Å². The van der Waals surface area contributed by atoms with Crippen LogP contribution in [0.25, 0.3) is 0 Å². The highest BCUT2D eigenvalue weighted by molar-refractivity contribution is 7.92. The third-order valence-electron chi connectivity index (χ3n) is 4.07. The molecule has 5 heteroatoms. The molecule has 0 heterocycles. The highest BCUT2D eigenvalue weighted by Crippen LogP contribution is 2.29. The molecule has 134 valence electrons. The normalized spacial score (nSPS) is 11.2. The van der Waals surface area contributed by atoms with E-state index < -0.39 is 10.0 Å². The Bertz CT molecular complexity index is 988. The summed E-state index contributed by atoms with van der Waals surface area (Å²) in [7, 11) is -3.61. The van der Waals surface area contributed by atoms with Crippen LogP contribution in [-0.4, -0.2) is 8.42 Å². The third-order valence-corrected chi connectivity index (χ3v) is 5.46. The maximum atomic E-state index is 12.4. The summed E-state index contributed by atoms with van der Waals surface area (Å²) in [5, 5.41) is 0. The van der Waals surface area contributed by atoms with E-state index in [1.165, 1.54) is 0 Å². The fourth-order valence-electron chi connectivity index (χ4n) is 2.60. The number of benzene rings is 3. The average molecular weight is 367 g/mol. The van der Waals surface area contributed by atoms with E-state index in [0.29, 0.717) is 11.4 Å². The number of anilines is 1. The number of hydrogen-bond acceptors (Lipinski definition) is 3. The van der Waals surface area contributed by atoms with Crippen molar-refractivity contribution in [2.45, 2.75) is 25.7 Å². The van der Waals surface area contributed by atoms with Crippen LogP contribution >= 0.6 is 0 Å². The van der Waals surface area contributed by atoms with Crippen molar-refractivity contribution >= 4 is 15.7 Å². The van der Waals surface area contributed by atoms with Crippen molar-refractivity contribution in [1.82, 2.24) is 0 Å². The molecule has 1 N–H and O–H groups in total. The maximum absolute atomic E-state index is 12.4. The predicted octanol–water partition coefficient (Wildman–Crippen LogP) is 5.20. The van der Waals surface area contributed by atoms with Crippen molar-refractivity contribution in [2.75, 3.05) is 4.72 Å². The van der Waals surface area contributed by atoms with Crippen molar-refractivity contribution in [3.63, 3.8) is 0 Å². The second-order valence-electron chi connectivity index (χ2n) is 6.27. The summed E-state index contributed by atoms with van der Waals surface area (Å²) >= 11 is 0. The number of rotatable bonds is 5. The Morgan fingerprint density at radius 2 is 1.35 bits per heavy atom. The lowest BCUT2D eigenvalue weighted by Gasteiger charge is -2.12. The molecule has 0 aliphatic rings. The predicted molar refractivity (Wildman–Crippen MR) is 104 cm³/mol. The zero-order valence-corrected chi connectivity index (χ0v) is 15.8. The van der Waals surface area contributed by atoms with Gasteiger partial charge in [0.2, 0.25) is 0 Å². The quantitative estimate of drug-likeness (QED) is 0.674. The van der Waals surface area contributed by atoms with E-state index in [4.69, 9.17) is 4.74 Å². The minimum Gasteiger partial charge on any atom is -0.457 e. The van der Waals surface area contributed by atoms with Gasteiger partial charge in [-0.25, -0.2) is 8.42 Å². The van der Waals surface area contributed by atoms with E-state index >= 15 is 0 Å². The highest BCUT2D eigenvalue weighted by atomic mass is 32.2. The first kappa shape index (κ1) is 18.0. The summed E-state index contributed by atoms with van der Waals surface area (Å²) in [6, 6.07) is 19.6. The first-order chi connectivity index (χ1) is 12.3. The number of ether oxygens (including phenoxy) is 1. The summed E-state index contributed by atoms with van der Waals surface area (Å²) in [6.07, 6.45) is 0. The summed E-state index contributed by atoms with van der Waals surface area (Å²) < 4.78 is 33.4. The van der Waals surface area contributed by atoms with Crippen LogP contribution < -0.4 is 9.46 Å². The lowest BCUT2D eigenvalue weighted by molar-refractivity contribution is 0.475. The number of sulfonamides is 1. The van der Waals surface area contributed by atoms with E-state index in [-0.39, 0.29) is 4.90 Å². The SMILES string of the molecule is Cc1ccc(S(=O)(=O)Nc2ccc(Oc3c(C)cccc3C)cc2)cc1. The van der Waals surface area contributed by atoms with Crippen LogP contribution in [0.15, 0.2) is 71.6 Å². The van der Waals surface area contributed by atoms with Gasteiger partial charge < -0.3 is 4.74 Å². The first-order valence-electron chi connectivity index (χ1n) is 8.29. The molecule has 26 heavy (non-hydrogen) atoms. The van der Waals surface area contributed by atoms with Gasteiger partial charge in [0.25, 0.3) is 10.0 Å². The second-order valence-corrected chi connectivity index (χ2v) is 7.95. The average Bonchev–Trinajstić information content (AvgIpc) is 2.60. The molecule has 0 spiro atoms. The molecule has 0 aliphatic carbocycles. The van der Waals surface area contributed by atoms with Crippen molar-refractivity contribution in [3.05, 3.63) is 83.4 Å². The largest absolute Gasteiger partial charge is 0.457 e. The van der Waals surface area contributed by atoms with Crippen LogP contribution in [0.2, 0.25) is 0 Å². The zero-order chi connectivity index (χ0) is 18.7. The molecule has 3 aromatic rings. The van der Waals surface area contributed by atoms with Gasteiger partial charge in [-0.05, 0) is 68.3 Å². The topological polar surface area (TPSA) is 55.4 Å². The Morgan fingerprint density at radius 3 is 1.92 bits per heavy atom. The van der Waals surface area contributed by atoms with E-state index in [9.17, 15) is 8.42 Å². The molecule has 0 aliphatic heterocycles. The Hall–Kier alpha value is -2.79. The van der Waals surface area contributed by atoms with Gasteiger partial charge in [0.1, 0.15) is 11.5 Å². The van der Waals surface area contributed by atoms with E-state index in [1.807, 2.05) is 39.0 Å². The Kier molecular flexibility index (Phi) is 5.00. The summed E-state index contributed by atoms with van der Waals surface area (Å²) in [6.45, 7) is 5.90. The second kappa shape index (κ2) is 7.22. The molecule has 4 nitrogen and oxygen atoms in total. The fourth-order valence-corrected chi connectivity index (χ4v) is 3.66. The van der Waals surface area contributed by atoms with E-state index in [0.717, 1.165) is 22.4 Å². The Balaban J connectivity index is 1.76. The van der Waals surface area contributed by atoms with Crippen molar-refractivity contribution < 1.29 is 13.2 Å². The molecule has 0 aromatic heterocycles. The van der Waals surface area contributed by atoms with Crippen LogP contribution in [0.5, 0.6) is 11.5 Å². The van der Waals surface area contributed by atoms with Gasteiger partial charge in [0.05, 0.1) is 4.90 Å². The third kappa shape index (κ3) is 4.06. The Morgan fingerprint density at radius 1 is 0.769 bits per heavy atom. The van der Waals surface area contributed by atoms with Gasteiger partial charge in [0.15, 0.2) is 0 Å². The van der Waals surface area contributed by atoms with Gasteiger partial charge in [0, 0.05) is 5.69 Å². The first-order valence-corrected chi connectivity index (χ1v) is 9.77. The number of aryl methyl sites for hydroxylation is 3. The molecule has 0 unspecified atom stereocenters. The molecule has 0 atom stereocenters. The molecule has 0 fully saturated rings.